The van der Waals surface area contributed by atoms with Crippen LogP contribution in [0.5, 0.6) is 0 Å². The average Bonchev–Trinajstić information content (AvgIpc) is 3.07. The maximum atomic E-state index is 12.3. The fourth-order valence-corrected chi connectivity index (χ4v) is 3.09. The fourth-order valence-electron chi connectivity index (χ4n) is 3.09. The summed E-state index contributed by atoms with van der Waals surface area (Å²) < 4.78 is 5.20. The molecule has 0 unspecified atom stereocenters. The number of hydrogen-bond acceptors (Lipinski definition) is 4. The highest BCUT2D eigenvalue weighted by Gasteiger charge is 2.15. The standard InChI is InChI=1S/C21H32N2O3/c1-21(2,3)26-20(25)22-13-12-17-8-10-18(11-9-17)19(24)7-6-16-23-14-4-5-15-23/h8-11H,4-7,12-16H2,1-3H3,(H,22,25). The van der Waals surface area contributed by atoms with Crippen molar-refractivity contribution in [2.75, 3.05) is 26.2 Å². The molecule has 1 heterocycles. The molecule has 1 saturated heterocycles. The molecule has 144 valence electrons. The van der Waals surface area contributed by atoms with E-state index in [0.29, 0.717) is 19.4 Å². The molecule has 2 rings (SSSR count). The van der Waals surface area contributed by atoms with Gasteiger partial charge in [-0.15, -0.1) is 0 Å². The summed E-state index contributed by atoms with van der Waals surface area (Å²) in [6.45, 7) is 9.42. The van der Waals surface area contributed by atoms with E-state index in [2.05, 4.69) is 10.2 Å². The van der Waals surface area contributed by atoms with Gasteiger partial charge in [-0.05, 0) is 71.7 Å². The van der Waals surface area contributed by atoms with E-state index in [0.717, 1.165) is 24.1 Å². The van der Waals surface area contributed by atoms with Crippen LogP contribution in [0, 0.1) is 0 Å². The molecule has 0 spiro atoms. The molecule has 0 saturated carbocycles. The van der Waals surface area contributed by atoms with Crippen LogP contribution in [0.2, 0.25) is 0 Å². The highest BCUT2D eigenvalue weighted by atomic mass is 16.6. The Morgan fingerprint density at radius 1 is 1.12 bits per heavy atom. The van der Waals surface area contributed by atoms with Gasteiger partial charge < -0.3 is 15.0 Å². The normalized spacial score (nSPS) is 15.0. The van der Waals surface area contributed by atoms with Crippen molar-refractivity contribution in [2.24, 2.45) is 0 Å². The zero-order valence-electron chi connectivity index (χ0n) is 16.3. The molecule has 1 aliphatic rings. The summed E-state index contributed by atoms with van der Waals surface area (Å²) in [5.74, 6) is 0.211. The van der Waals surface area contributed by atoms with Crippen LogP contribution in [0.1, 0.15) is 62.4 Å². The number of amides is 1. The van der Waals surface area contributed by atoms with Crippen molar-refractivity contribution < 1.29 is 14.3 Å². The van der Waals surface area contributed by atoms with Gasteiger partial charge in [0.15, 0.2) is 5.78 Å². The van der Waals surface area contributed by atoms with Gasteiger partial charge in [-0.2, -0.15) is 0 Å². The van der Waals surface area contributed by atoms with E-state index in [9.17, 15) is 9.59 Å². The number of Topliss-reactive ketones (excluding diaryl/α,β-unsaturated/α-hetero) is 1. The first-order chi connectivity index (χ1) is 12.3. The lowest BCUT2D eigenvalue weighted by Gasteiger charge is -2.19. The third-order valence-corrected chi connectivity index (χ3v) is 4.43. The highest BCUT2D eigenvalue weighted by Crippen LogP contribution is 2.12. The van der Waals surface area contributed by atoms with E-state index in [4.69, 9.17) is 4.74 Å². The third-order valence-electron chi connectivity index (χ3n) is 4.43. The SMILES string of the molecule is CC(C)(C)OC(=O)NCCc1ccc(C(=O)CCCN2CCCC2)cc1. The van der Waals surface area contributed by atoms with Crippen LogP contribution >= 0.6 is 0 Å². The number of nitrogens with one attached hydrogen (secondary N) is 1. The molecule has 0 aliphatic carbocycles. The van der Waals surface area contributed by atoms with Crippen molar-refractivity contribution >= 4 is 11.9 Å². The Bertz CT molecular complexity index is 584. The monoisotopic (exact) mass is 360 g/mol. The van der Waals surface area contributed by atoms with Crippen LogP contribution in [0.25, 0.3) is 0 Å². The first-order valence-corrected chi connectivity index (χ1v) is 9.65. The Kier molecular flexibility index (Phi) is 7.64. The second kappa shape index (κ2) is 9.72. The van der Waals surface area contributed by atoms with Crippen molar-refractivity contribution in [1.29, 1.82) is 0 Å². The van der Waals surface area contributed by atoms with Crippen LogP contribution in [0.3, 0.4) is 0 Å². The van der Waals surface area contributed by atoms with Gasteiger partial charge in [-0.25, -0.2) is 4.79 Å². The molecule has 1 aliphatic heterocycles. The summed E-state index contributed by atoms with van der Waals surface area (Å²) in [6, 6.07) is 7.71. The molecule has 0 aromatic heterocycles. The van der Waals surface area contributed by atoms with Gasteiger partial charge in [0.25, 0.3) is 0 Å². The Morgan fingerprint density at radius 2 is 1.77 bits per heavy atom. The summed E-state index contributed by atoms with van der Waals surface area (Å²) in [5, 5.41) is 2.75. The number of nitrogens with zero attached hydrogens (tertiary/aromatic N) is 1. The number of ketones is 1. The van der Waals surface area contributed by atoms with Crippen LogP contribution in [-0.2, 0) is 11.2 Å². The molecule has 0 radical (unpaired) electrons. The van der Waals surface area contributed by atoms with Crippen molar-refractivity contribution in [1.82, 2.24) is 10.2 Å². The van der Waals surface area contributed by atoms with Gasteiger partial charge in [0.05, 0.1) is 0 Å². The first-order valence-electron chi connectivity index (χ1n) is 9.65. The fraction of sp³-hybridized carbons (Fsp3) is 0.619. The smallest absolute Gasteiger partial charge is 0.407 e. The number of carbonyl (C=O) groups is 2. The Morgan fingerprint density at radius 3 is 2.38 bits per heavy atom. The molecular weight excluding hydrogens is 328 g/mol. The number of likely N-dealkylation sites (tertiary alicyclic amines) is 1. The molecule has 26 heavy (non-hydrogen) atoms. The average molecular weight is 360 g/mol. The molecule has 0 bridgehead atoms. The van der Waals surface area contributed by atoms with E-state index < -0.39 is 11.7 Å². The second-order valence-corrected chi connectivity index (χ2v) is 7.95. The summed E-state index contributed by atoms with van der Waals surface area (Å²) in [6.07, 6.45) is 4.43. The van der Waals surface area contributed by atoms with Gasteiger partial charge in [-0.1, -0.05) is 24.3 Å². The molecule has 5 nitrogen and oxygen atoms in total. The van der Waals surface area contributed by atoms with Crippen molar-refractivity contribution in [3.8, 4) is 0 Å². The van der Waals surface area contributed by atoms with Crippen molar-refractivity contribution in [2.45, 2.75) is 58.5 Å². The Labute approximate surface area is 157 Å². The molecule has 5 heteroatoms. The topological polar surface area (TPSA) is 58.6 Å². The minimum absolute atomic E-state index is 0.211. The van der Waals surface area contributed by atoms with Crippen molar-refractivity contribution in [3.63, 3.8) is 0 Å². The van der Waals surface area contributed by atoms with Crippen LogP contribution in [-0.4, -0.2) is 48.6 Å². The molecular formula is C21H32N2O3. The van der Waals surface area contributed by atoms with E-state index in [-0.39, 0.29) is 5.78 Å². The number of alkyl carbamates (subject to hydrolysis) is 1. The number of carbonyl (C=O) groups excluding carboxylic acids is 2. The summed E-state index contributed by atoms with van der Waals surface area (Å²) in [7, 11) is 0. The second-order valence-electron chi connectivity index (χ2n) is 7.95. The van der Waals surface area contributed by atoms with Gasteiger partial charge in [0, 0.05) is 18.5 Å². The molecule has 0 atom stereocenters. The number of hydrogen-bond donors (Lipinski definition) is 1. The molecule has 1 aromatic carbocycles. The maximum Gasteiger partial charge on any atom is 0.407 e. The lowest BCUT2D eigenvalue weighted by molar-refractivity contribution is 0.0528. The quantitative estimate of drug-likeness (QED) is 0.716. The van der Waals surface area contributed by atoms with E-state index in [1.807, 2.05) is 45.0 Å². The zero-order valence-corrected chi connectivity index (χ0v) is 16.3. The van der Waals surface area contributed by atoms with E-state index >= 15 is 0 Å². The van der Waals surface area contributed by atoms with Gasteiger partial charge >= 0.3 is 6.09 Å². The van der Waals surface area contributed by atoms with Crippen LogP contribution < -0.4 is 5.32 Å². The summed E-state index contributed by atoms with van der Waals surface area (Å²) in [4.78, 5) is 26.3. The molecule has 1 fully saturated rings. The predicted molar refractivity (Wildman–Crippen MR) is 104 cm³/mol. The van der Waals surface area contributed by atoms with Crippen molar-refractivity contribution in [3.05, 3.63) is 35.4 Å². The lowest BCUT2D eigenvalue weighted by Crippen LogP contribution is -2.33. The highest BCUT2D eigenvalue weighted by molar-refractivity contribution is 5.96. The van der Waals surface area contributed by atoms with Gasteiger partial charge in [0.1, 0.15) is 5.60 Å². The summed E-state index contributed by atoms with van der Waals surface area (Å²) >= 11 is 0. The van der Waals surface area contributed by atoms with Gasteiger partial charge in [0.2, 0.25) is 0 Å². The largest absolute Gasteiger partial charge is 0.444 e. The molecule has 1 amide bonds. The van der Waals surface area contributed by atoms with Gasteiger partial charge in [-0.3, -0.25) is 4.79 Å². The predicted octanol–water partition coefficient (Wildman–Crippen LogP) is 3.81. The maximum absolute atomic E-state index is 12.3. The van der Waals surface area contributed by atoms with Crippen LogP contribution in [0.4, 0.5) is 4.79 Å². The van der Waals surface area contributed by atoms with E-state index in [1.165, 1.54) is 25.9 Å². The van der Waals surface area contributed by atoms with E-state index in [1.54, 1.807) is 0 Å². The number of benzene rings is 1. The van der Waals surface area contributed by atoms with Crippen LogP contribution in [0.15, 0.2) is 24.3 Å². The number of ether oxygens (including phenoxy) is 1. The number of rotatable bonds is 8. The minimum atomic E-state index is -0.485. The first kappa shape index (κ1) is 20.4. The zero-order chi connectivity index (χ0) is 19.0. The third kappa shape index (κ3) is 7.56. The molecule has 1 aromatic rings. The Hall–Kier alpha value is -1.88. The lowest BCUT2D eigenvalue weighted by atomic mass is 10.0. The molecule has 1 N–H and O–H groups in total. The Balaban J connectivity index is 1.68. The minimum Gasteiger partial charge on any atom is -0.444 e. The summed E-state index contributed by atoms with van der Waals surface area (Å²) in [5.41, 5.74) is 1.38.